The molecule has 1 aromatic heterocycles. The van der Waals surface area contributed by atoms with E-state index in [1.807, 2.05) is 30.3 Å². The molecule has 39 heavy (non-hydrogen) atoms. The Labute approximate surface area is 231 Å². The van der Waals surface area contributed by atoms with Crippen molar-refractivity contribution in [2.75, 3.05) is 25.6 Å². The van der Waals surface area contributed by atoms with Gasteiger partial charge in [-0.3, -0.25) is 23.7 Å². The molecule has 0 aliphatic rings. The van der Waals surface area contributed by atoms with Crippen molar-refractivity contribution in [3.8, 4) is 0 Å². The van der Waals surface area contributed by atoms with Gasteiger partial charge in [-0.25, -0.2) is 14.4 Å². The van der Waals surface area contributed by atoms with Gasteiger partial charge in [-0.1, -0.05) is 55.6 Å². The van der Waals surface area contributed by atoms with Gasteiger partial charge in [0, 0.05) is 24.6 Å². The lowest BCUT2D eigenvalue weighted by atomic mass is 9.97. The first-order chi connectivity index (χ1) is 18.4. The molecule has 0 aliphatic carbocycles. The Kier molecular flexibility index (Phi) is 12.8. The third-order valence-corrected chi connectivity index (χ3v) is 8.13. The van der Waals surface area contributed by atoms with Crippen LogP contribution in [0, 0.1) is 5.41 Å². The fourth-order valence-electron chi connectivity index (χ4n) is 3.02. The van der Waals surface area contributed by atoms with E-state index in [2.05, 4.69) is 16.7 Å². The summed E-state index contributed by atoms with van der Waals surface area (Å²) in [6.45, 7) is 7.99. The normalized spacial score (nSPS) is 14.8. The van der Waals surface area contributed by atoms with E-state index in [1.165, 1.54) is 6.20 Å². The molecule has 12 nitrogen and oxygen atoms in total. The minimum Gasteiger partial charge on any atom is -0.416 e. The van der Waals surface area contributed by atoms with Crippen LogP contribution in [0.3, 0.4) is 0 Å². The highest BCUT2D eigenvalue weighted by atomic mass is 32.2. The van der Waals surface area contributed by atoms with Gasteiger partial charge < -0.3 is 19.5 Å². The van der Waals surface area contributed by atoms with Gasteiger partial charge in [0.05, 0.1) is 24.7 Å². The summed E-state index contributed by atoms with van der Waals surface area (Å²) in [5.41, 5.74) is -1.49. The summed E-state index contributed by atoms with van der Waals surface area (Å²) in [6, 6.07) is 10.2. The first kappa shape index (κ1) is 32.7. The van der Waals surface area contributed by atoms with Crippen LogP contribution in [0.25, 0.3) is 0 Å². The molecule has 14 heteroatoms. The van der Waals surface area contributed by atoms with E-state index in [0.717, 1.165) is 28.0 Å². The molecule has 2 rings (SSSR count). The van der Waals surface area contributed by atoms with Crippen molar-refractivity contribution in [3.63, 3.8) is 0 Å². The number of hydrogen-bond acceptors (Lipinski definition) is 10. The number of aromatic amines is 1. The van der Waals surface area contributed by atoms with Gasteiger partial charge in [0.1, 0.15) is 12.4 Å². The molecule has 0 radical (unpaired) electrons. The molecule has 216 valence electrons. The van der Waals surface area contributed by atoms with Crippen molar-refractivity contribution in [1.29, 1.82) is 0 Å². The van der Waals surface area contributed by atoms with Crippen molar-refractivity contribution in [2.45, 2.75) is 46.1 Å². The number of thioether (sulfide) groups is 1. The van der Waals surface area contributed by atoms with Crippen LogP contribution in [0.5, 0.6) is 0 Å². The SMILES string of the molecule is C=C(CO[C@H]([C@H](O)CC)n1ccc(=O)[nH]c1=O)OP(=O)(NCc1ccccc1)OCCSC(=O)C(C)(C)CO. The smallest absolute Gasteiger partial charge is 0.416 e. The zero-order chi connectivity index (χ0) is 29.1. The lowest BCUT2D eigenvalue weighted by Gasteiger charge is -2.26. The van der Waals surface area contributed by atoms with Gasteiger partial charge in [-0.2, -0.15) is 0 Å². The number of nitrogens with zero attached hydrogens (tertiary/aromatic N) is 1. The van der Waals surface area contributed by atoms with Crippen LogP contribution >= 0.6 is 19.5 Å². The Balaban J connectivity index is 2.08. The van der Waals surface area contributed by atoms with Crippen LogP contribution in [0.2, 0.25) is 0 Å². The summed E-state index contributed by atoms with van der Waals surface area (Å²) in [5, 5.41) is 22.3. The molecule has 3 atom stereocenters. The van der Waals surface area contributed by atoms with Crippen molar-refractivity contribution in [1.82, 2.24) is 14.6 Å². The minimum atomic E-state index is -4.01. The Morgan fingerprint density at radius 2 is 1.95 bits per heavy atom. The van der Waals surface area contributed by atoms with Crippen LogP contribution in [0.4, 0.5) is 0 Å². The summed E-state index contributed by atoms with van der Waals surface area (Å²) >= 11 is 0.941. The standard InChI is InChI=1S/C25H36N3O9PS/c1-5-20(30)22(28-12-11-21(31)27-24(28)33)35-16-18(2)37-38(34,26-15-19-9-7-6-8-10-19)36-13-14-39-23(32)25(3,4)17-29/h6-12,20,22,29-30H,2,5,13-17H2,1,3-4H3,(H,26,34)(H,27,31,33)/t20-,22-,38?/m1/s1. The Bertz CT molecular complexity index is 1250. The summed E-state index contributed by atoms with van der Waals surface area (Å²) in [6.07, 6.45) is -0.874. The predicted molar refractivity (Wildman–Crippen MR) is 148 cm³/mol. The van der Waals surface area contributed by atoms with Crippen LogP contribution in [0.15, 0.2) is 64.5 Å². The largest absolute Gasteiger partial charge is 0.458 e. The number of rotatable bonds is 17. The molecular weight excluding hydrogens is 549 g/mol. The lowest BCUT2D eigenvalue weighted by molar-refractivity contribution is -0.119. The van der Waals surface area contributed by atoms with Gasteiger partial charge in [-0.15, -0.1) is 0 Å². The number of carbonyl (C=O) groups excluding carboxylic acids is 1. The zero-order valence-electron chi connectivity index (χ0n) is 22.2. The van der Waals surface area contributed by atoms with Gasteiger partial charge in [0.15, 0.2) is 11.3 Å². The Hall–Kier alpha value is -2.51. The molecular formula is C25H36N3O9PS. The molecule has 0 saturated heterocycles. The first-order valence-corrected chi connectivity index (χ1v) is 14.7. The number of aliphatic hydroxyl groups is 2. The average Bonchev–Trinajstić information content (AvgIpc) is 2.91. The van der Waals surface area contributed by atoms with Gasteiger partial charge in [0.2, 0.25) is 0 Å². The number of H-pyrrole nitrogens is 1. The number of benzene rings is 1. The summed E-state index contributed by atoms with van der Waals surface area (Å²) in [5.74, 6) is 0.0423. The average molecular weight is 586 g/mol. The molecule has 0 aliphatic heterocycles. The molecule has 0 bridgehead atoms. The second kappa shape index (κ2) is 15.3. The molecule has 1 aromatic carbocycles. The molecule has 1 heterocycles. The highest BCUT2D eigenvalue weighted by Gasteiger charge is 2.30. The number of hydrogen-bond donors (Lipinski definition) is 4. The summed E-state index contributed by atoms with van der Waals surface area (Å²) in [4.78, 5) is 38.0. The maximum absolute atomic E-state index is 13.5. The molecule has 2 aromatic rings. The summed E-state index contributed by atoms with van der Waals surface area (Å²) in [7, 11) is -4.01. The predicted octanol–water partition coefficient (Wildman–Crippen LogP) is 2.55. The molecule has 0 amide bonds. The number of nitrogens with one attached hydrogen (secondary N) is 2. The molecule has 4 N–H and O–H groups in total. The topological polar surface area (TPSA) is 169 Å². The highest BCUT2D eigenvalue weighted by molar-refractivity contribution is 8.13. The van der Waals surface area contributed by atoms with E-state index in [1.54, 1.807) is 20.8 Å². The van der Waals surface area contributed by atoms with Crippen molar-refractivity contribution in [2.24, 2.45) is 5.41 Å². The van der Waals surface area contributed by atoms with E-state index in [0.29, 0.717) is 0 Å². The maximum atomic E-state index is 13.5. The number of ether oxygens (including phenoxy) is 1. The summed E-state index contributed by atoms with van der Waals surface area (Å²) < 4.78 is 31.3. The molecule has 1 unspecified atom stereocenters. The van der Waals surface area contributed by atoms with Gasteiger partial charge in [-0.05, 0) is 25.8 Å². The van der Waals surface area contributed by atoms with Crippen molar-refractivity contribution >= 4 is 24.6 Å². The van der Waals surface area contributed by atoms with Crippen LogP contribution in [0.1, 0.15) is 39.0 Å². The van der Waals surface area contributed by atoms with Crippen LogP contribution in [-0.2, 0) is 29.7 Å². The Morgan fingerprint density at radius 1 is 1.26 bits per heavy atom. The van der Waals surface area contributed by atoms with Crippen molar-refractivity contribution in [3.05, 3.63) is 81.3 Å². The van der Waals surface area contributed by atoms with Crippen LogP contribution in [-0.4, -0.2) is 56.6 Å². The maximum Gasteiger partial charge on any atom is 0.458 e. The van der Waals surface area contributed by atoms with Gasteiger partial charge >= 0.3 is 13.4 Å². The van der Waals surface area contributed by atoms with Gasteiger partial charge in [0.25, 0.3) is 5.56 Å². The second-order valence-corrected chi connectivity index (χ2v) is 12.0. The molecule has 0 fully saturated rings. The number of carbonyl (C=O) groups is 1. The monoisotopic (exact) mass is 585 g/mol. The third-order valence-electron chi connectivity index (χ3n) is 5.38. The van der Waals surface area contributed by atoms with E-state index in [-0.39, 0.29) is 49.4 Å². The number of aromatic nitrogens is 2. The van der Waals surface area contributed by atoms with E-state index >= 15 is 0 Å². The first-order valence-electron chi connectivity index (χ1n) is 12.2. The second-order valence-electron chi connectivity index (χ2n) is 9.15. The van der Waals surface area contributed by atoms with E-state index in [4.69, 9.17) is 13.8 Å². The quantitative estimate of drug-likeness (QED) is 0.122. The zero-order valence-corrected chi connectivity index (χ0v) is 23.9. The fourth-order valence-corrected chi connectivity index (χ4v) is 5.26. The molecule has 0 saturated carbocycles. The van der Waals surface area contributed by atoms with E-state index in [9.17, 15) is 29.2 Å². The highest BCUT2D eigenvalue weighted by Crippen LogP contribution is 2.46. The minimum absolute atomic E-state index is 0.116. The molecule has 0 spiro atoms. The number of aliphatic hydroxyl groups excluding tert-OH is 2. The lowest BCUT2D eigenvalue weighted by Crippen LogP contribution is -2.37. The fraction of sp³-hybridized carbons (Fsp3) is 0.480. The van der Waals surface area contributed by atoms with E-state index < -0.39 is 36.7 Å². The van der Waals surface area contributed by atoms with Crippen molar-refractivity contribution < 1.29 is 33.4 Å². The van der Waals surface area contributed by atoms with Crippen LogP contribution < -0.4 is 16.3 Å². The Morgan fingerprint density at radius 3 is 2.56 bits per heavy atom. The third kappa shape index (κ3) is 10.5.